The van der Waals surface area contributed by atoms with E-state index in [1.807, 2.05) is 0 Å². The molecule has 15 heavy (non-hydrogen) atoms. The van der Waals surface area contributed by atoms with Crippen molar-refractivity contribution in [1.82, 2.24) is 10.2 Å². The van der Waals surface area contributed by atoms with Crippen LogP contribution in [0.2, 0.25) is 0 Å². The first-order chi connectivity index (χ1) is 7.06. The maximum absolute atomic E-state index is 11.6. The van der Waals surface area contributed by atoms with Crippen LogP contribution in [-0.2, 0) is 4.79 Å². The van der Waals surface area contributed by atoms with Gasteiger partial charge >= 0.3 is 12.0 Å². The van der Waals surface area contributed by atoms with Crippen LogP contribution < -0.4 is 5.32 Å². The second-order valence-electron chi connectivity index (χ2n) is 3.68. The highest BCUT2D eigenvalue weighted by Gasteiger charge is 2.32. The quantitative estimate of drug-likeness (QED) is 0.663. The molecular formula is C10H16N2O3. The van der Waals surface area contributed by atoms with Crippen molar-refractivity contribution in [1.29, 1.82) is 0 Å². The van der Waals surface area contributed by atoms with Crippen LogP contribution >= 0.6 is 0 Å². The van der Waals surface area contributed by atoms with E-state index in [9.17, 15) is 9.59 Å². The highest BCUT2D eigenvalue weighted by Crippen LogP contribution is 2.26. The predicted molar refractivity (Wildman–Crippen MR) is 55.6 cm³/mol. The number of rotatable bonds is 5. The van der Waals surface area contributed by atoms with E-state index in [2.05, 4.69) is 11.9 Å². The zero-order valence-corrected chi connectivity index (χ0v) is 8.77. The number of amides is 2. The predicted octanol–water partition coefficient (Wildman–Crippen LogP) is 0.820. The van der Waals surface area contributed by atoms with Gasteiger partial charge in [-0.1, -0.05) is 6.08 Å². The molecule has 1 fully saturated rings. The topological polar surface area (TPSA) is 69.6 Å². The molecule has 1 aliphatic rings. The molecule has 0 bridgehead atoms. The summed E-state index contributed by atoms with van der Waals surface area (Å²) in [5, 5.41) is 11.1. The molecule has 1 atom stereocenters. The summed E-state index contributed by atoms with van der Waals surface area (Å²) >= 11 is 0. The lowest BCUT2D eigenvalue weighted by molar-refractivity contribution is -0.138. The number of hydrogen-bond acceptors (Lipinski definition) is 2. The summed E-state index contributed by atoms with van der Waals surface area (Å²) < 4.78 is 0. The number of carboxylic acid groups (broad SMARTS) is 1. The molecule has 0 radical (unpaired) electrons. The monoisotopic (exact) mass is 212 g/mol. The third kappa shape index (κ3) is 3.27. The van der Waals surface area contributed by atoms with Gasteiger partial charge in [0.05, 0.1) is 0 Å². The standard InChI is InChI=1S/C10H16N2O3/c1-3-6-12(8-4-5-8)10(15)11-7(2)9(13)14/h3,7-8H,1,4-6H2,2H3,(H,11,15)(H,13,14)/t7-/m0/s1. The lowest BCUT2D eigenvalue weighted by atomic mass is 10.3. The summed E-state index contributed by atoms with van der Waals surface area (Å²) in [4.78, 5) is 23.8. The van der Waals surface area contributed by atoms with Crippen molar-refractivity contribution in [3.05, 3.63) is 12.7 Å². The van der Waals surface area contributed by atoms with Gasteiger partial charge in [-0.3, -0.25) is 4.79 Å². The highest BCUT2D eigenvalue weighted by atomic mass is 16.4. The van der Waals surface area contributed by atoms with E-state index in [0.29, 0.717) is 6.54 Å². The van der Waals surface area contributed by atoms with Crippen molar-refractivity contribution < 1.29 is 14.7 Å². The number of aliphatic carboxylic acids is 1. The molecule has 0 saturated heterocycles. The number of carbonyl (C=O) groups is 2. The van der Waals surface area contributed by atoms with Gasteiger partial charge in [-0.25, -0.2) is 4.79 Å². The molecule has 0 heterocycles. The van der Waals surface area contributed by atoms with Crippen LogP contribution in [0.1, 0.15) is 19.8 Å². The smallest absolute Gasteiger partial charge is 0.325 e. The van der Waals surface area contributed by atoms with Crippen LogP contribution in [-0.4, -0.2) is 40.6 Å². The van der Waals surface area contributed by atoms with Gasteiger partial charge < -0.3 is 15.3 Å². The normalized spacial score (nSPS) is 16.6. The molecular weight excluding hydrogens is 196 g/mol. The maximum atomic E-state index is 11.6. The minimum atomic E-state index is -1.03. The molecule has 0 unspecified atom stereocenters. The first-order valence-electron chi connectivity index (χ1n) is 4.97. The molecule has 1 aliphatic carbocycles. The largest absolute Gasteiger partial charge is 0.480 e. The Morgan fingerprint density at radius 3 is 2.67 bits per heavy atom. The Balaban J connectivity index is 2.48. The Morgan fingerprint density at radius 2 is 2.27 bits per heavy atom. The number of carboxylic acids is 1. The zero-order chi connectivity index (χ0) is 11.4. The highest BCUT2D eigenvalue weighted by molar-refractivity contribution is 5.82. The van der Waals surface area contributed by atoms with E-state index in [0.717, 1.165) is 12.8 Å². The Morgan fingerprint density at radius 1 is 1.67 bits per heavy atom. The molecule has 0 aliphatic heterocycles. The molecule has 1 saturated carbocycles. The van der Waals surface area contributed by atoms with Crippen molar-refractivity contribution in [3.8, 4) is 0 Å². The molecule has 2 amide bonds. The number of carbonyl (C=O) groups excluding carboxylic acids is 1. The molecule has 0 aromatic heterocycles. The SMILES string of the molecule is C=CCN(C(=O)N[C@@H](C)C(=O)O)C1CC1. The summed E-state index contributed by atoms with van der Waals surface area (Å²) in [7, 11) is 0. The Bertz CT molecular complexity index is 274. The van der Waals surface area contributed by atoms with Crippen LogP contribution in [0.25, 0.3) is 0 Å². The molecule has 0 aromatic rings. The average molecular weight is 212 g/mol. The van der Waals surface area contributed by atoms with Crippen LogP contribution in [0, 0.1) is 0 Å². The zero-order valence-electron chi connectivity index (χ0n) is 8.77. The summed E-state index contributed by atoms with van der Waals surface area (Å²) in [6.45, 7) is 5.47. The lowest BCUT2D eigenvalue weighted by Crippen LogP contribution is -2.47. The Kier molecular flexibility index (Phi) is 3.71. The van der Waals surface area contributed by atoms with Crippen LogP contribution in [0.5, 0.6) is 0 Å². The van der Waals surface area contributed by atoms with Crippen LogP contribution in [0.15, 0.2) is 12.7 Å². The molecule has 2 N–H and O–H groups in total. The van der Waals surface area contributed by atoms with Crippen molar-refractivity contribution in [2.75, 3.05) is 6.54 Å². The Hall–Kier alpha value is -1.52. The van der Waals surface area contributed by atoms with E-state index in [-0.39, 0.29) is 12.1 Å². The minimum absolute atomic E-state index is 0.254. The summed E-state index contributed by atoms with van der Waals surface area (Å²) in [6, 6.07) is -0.931. The molecule has 0 aromatic carbocycles. The van der Waals surface area contributed by atoms with Gasteiger partial charge in [0.2, 0.25) is 0 Å². The van der Waals surface area contributed by atoms with Gasteiger partial charge in [0.1, 0.15) is 6.04 Å². The second kappa shape index (κ2) is 4.82. The fourth-order valence-corrected chi connectivity index (χ4v) is 1.25. The van der Waals surface area contributed by atoms with Crippen LogP contribution in [0.3, 0.4) is 0 Å². The van der Waals surface area contributed by atoms with Gasteiger partial charge in [0.15, 0.2) is 0 Å². The molecule has 0 spiro atoms. The third-order valence-corrected chi connectivity index (χ3v) is 2.28. The van der Waals surface area contributed by atoms with Crippen molar-refractivity contribution in [3.63, 3.8) is 0 Å². The van der Waals surface area contributed by atoms with Gasteiger partial charge in [0.25, 0.3) is 0 Å². The summed E-state index contributed by atoms with van der Waals surface area (Å²) in [5.41, 5.74) is 0. The fourth-order valence-electron chi connectivity index (χ4n) is 1.25. The number of nitrogens with zero attached hydrogens (tertiary/aromatic N) is 1. The van der Waals surface area contributed by atoms with Crippen molar-refractivity contribution in [2.45, 2.75) is 31.8 Å². The first kappa shape index (κ1) is 11.6. The van der Waals surface area contributed by atoms with E-state index >= 15 is 0 Å². The van der Waals surface area contributed by atoms with Gasteiger partial charge in [-0.2, -0.15) is 0 Å². The van der Waals surface area contributed by atoms with E-state index in [1.165, 1.54) is 6.92 Å². The van der Waals surface area contributed by atoms with Gasteiger partial charge in [-0.05, 0) is 19.8 Å². The van der Waals surface area contributed by atoms with E-state index in [1.54, 1.807) is 11.0 Å². The molecule has 5 nitrogen and oxygen atoms in total. The maximum Gasteiger partial charge on any atom is 0.325 e. The van der Waals surface area contributed by atoms with Crippen molar-refractivity contribution >= 4 is 12.0 Å². The number of nitrogens with one attached hydrogen (secondary N) is 1. The first-order valence-corrected chi connectivity index (χ1v) is 4.97. The molecule has 84 valence electrons. The average Bonchev–Trinajstić information content (AvgIpc) is 2.97. The van der Waals surface area contributed by atoms with Crippen LogP contribution in [0.4, 0.5) is 4.79 Å². The fraction of sp³-hybridized carbons (Fsp3) is 0.600. The number of hydrogen-bond donors (Lipinski definition) is 2. The van der Waals surface area contributed by atoms with Crippen molar-refractivity contribution in [2.24, 2.45) is 0 Å². The number of urea groups is 1. The second-order valence-corrected chi connectivity index (χ2v) is 3.68. The lowest BCUT2D eigenvalue weighted by Gasteiger charge is -2.22. The summed E-state index contributed by atoms with van der Waals surface area (Å²) in [5.74, 6) is -1.03. The van der Waals surface area contributed by atoms with E-state index < -0.39 is 12.0 Å². The van der Waals surface area contributed by atoms with E-state index in [4.69, 9.17) is 5.11 Å². The minimum Gasteiger partial charge on any atom is -0.480 e. The summed E-state index contributed by atoms with van der Waals surface area (Å²) in [6.07, 6.45) is 3.62. The van der Waals surface area contributed by atoms with Gasteiger partial charge in [-0.15, -0.1) is 6.58 Å². The third-order valence-electron chi connectivity index (χ3n) is 2.28. The Labute approximate surface area is 88.8 Å². The van der Waals surface area contributed by atoms with Gasteiger partial charge in [0, 0.05) is 12.6 Å². The molecule has 5 heteroatoms. The molecule has 1 rings (SSSR count).